The molecule has 0 unspecified atom stereocenters. The molecular formula is C16H21BrN2O2. The van der Waals surface area contributed by atoms with E-state index in [-0.39, 0.29) is 11.3 Å². The Morgan fingerprint density at radius 3 is 2.90 bits per heavy atom. The molecule has 1 aromatic carbocycles. The molecule has 0 bridgehead atoms. The maximum Gasteiger partial charge on any atom is 0.220 e. The first kappa shape index (κ1) is 14.9. The molecule has 1 heterocycles. The number of benzene rings is 1. The highest BCUT2D eigenvalue weighted by molar-refractivity contribution is 9.10. The Balaban J connectivity index is 1.62. The smallest absolute Gasteiger partial charge is 0.220 e. The molecule has 1 saturated carbocycles. The number of hydrogen-bond acceptors (Lipinski definition) is 3. The molecule has 0 saturated heterocycles. The van der Waals surface area contributed by atoms with Gasteiger partial charge in [-0.25, -0.2) is 0 Å². The van der Waals surface area contributed by atoms with Crippen molar-refractivity contribution in [2.24, 2.45) is 11.1 Å². The van der Waals surface area contributed by atoms with Crippen LogP contribution >= 0.6 is 15.9 Å². The van der Waals surface area contributed by atoms with Crippen molar-refractivity contribution in [3.8, 4) is 5.75 Å². The Morgan fingerprint density at radius 2 is 2.24 bits per heavy atom. The van der Waals surface area contributed by atoms with Gasteiger partial charge in [0.25, 0.3) is 0 Å². The van der Waals surface area contributed by atoms with Crippen LogP contribution in [0.25, 0.3) is 0 Å². The highest BCUT2D eigenvalue weighted by Gasteiger charge is 2.37. The standard InChI is InChI=1S/C16H21BrN2O2/c17-13-6-11-2-5-21-15(11)12(7-13)9-19-14(20)8-16(10-18)3-1-4-16/h6-7H,1-5,8-10,18H2,(H,19,20). The number of fused-ring (bicyclic) bond motifs is 1. The molecule has 1 aliphatic carbocycles. The molecule has 1 aliphatic heterocycles. The molecule has 2 aliphatic rings. The zero-order valence-corrected chi connectivity index (χ0v) is 13.7. The van der Waals surface area contributed by atoms with Crippen LogP contribution < -0.4 is 15.8 Å². The van der Waals surface area contributed by atoms with Crippen molar-refractivity contribution in [2.75, 3.05) is 13.2 Å². The molecule has 3 N–H and O–H groups in total. The van der Waals surface area contributed by atoms with Crippen molar-refractivity contribution in [3.63, 3.8) is 0 Å². The second kappa shape index (κ2) is 5.97. The van der Waals surface area contributed by atoms with E-state index in [1.165, 1.54) is 12.0 Å². The minimum atomic E-state index is 0.0554. The van der Waals surface area contributed by atoms with Crippen LogP contribution in [0.1, 0.15) is 36.8 Å². The van der Waals surface area contributed by atoms with Gasteiger partial charge in [-0.3, -0.25) is 4.79 Å². The van der Waals surface area contributed by atoms with Gasteiger partial charge in [-0.1, -0.05) is 22.4 Å². The maximum atomic E-state index is 12.1. The van der Waals surface area contributed by atoms with Gasteiger partial charge in [0.2, 0.25) is 5.91 Å². The Labute approximate surface area is 133 Å². The van der Waals surface area contributed by atoms with Crippen LogP contribution in [0.5, 0.6) is 5.75 Å². The average Bonchev–Trinajstić information content (AvgIpc) is 2.88. The summed E-state index contributed by atoms with van der Waals surface area (Å²) in [6.07, 6.45) is 4.82. The summed E-state index contributed by atoms with van der Waals surface area (Å²) in [6.45, 7) is 1.85. The first-order chi connectivity index (χ1) is 10.1. The fourth-order valence-corrected chi connectivity index (χ4v) is 3.76. The van der Waals surface area contributed by atoms with Gasteiger partial charge in [0.05, 0.1) is 6.61 Å². The van der Waals surface area contributed by atoms with E-state index < -0.39 is 0 Å². The Morgan fingerprint density at radius 1 is 1.43 bits per heavy atom. The lowest BCUT2D eigenvalue weighted by molar-refractivity contribution is -0.124. The number of ether oxygens (including phenoxy) is 1. The molecule has 5 heteroatoms. The number of carbonyl (C=O) groups excluding carboxylic acids is 1. The number of hydrogen-bond donors (Lipinski definition) is 2. The predicted molar refractivity (Wildman–Crippen MR) is 85.1 cm³/mol. The first-order valence-electron chi connectivity index (χ1n) is 7.53. The quantitative estimate of drug-likeness (QED) is 0.855. The van der Waals surface area contributed by atoms with Crippen LogP contribution in [0.4, 0.5) is 0 Å². The second-order valence-corrected chi connectivity index (χ2v) is 7.08. The van der Waals surface area contributed by atoms with Crippen molar-refractivity contribution in [1.82, 2.24) is 5.32 Å². The molecule has 114 valence electrons. The number of nitrogens with one attached hydrogen (secondary N) is 1. The lowest BCUT2D eigenvalue weighted by Crippen LogP contribution is -2.41. The molecule has 0 atom stereocenters. The van der Waals surface area contributed by atoms with E-state index in [1.807, 2.05) is 6.07 Å². The molecule has 4 nitrogen and oxygen atoms in total. The minimum Gasteiger partial charge on any atom is -0.493 e. The van der Waals surface area contributed by atoms with Gasteiger partial charge in [0.1, 0.15) is 5.75 Å². The predicted octanol–water partition coefficient (Wildman–Crippen LogP) is 2.52. The molecule has 0 radical (unpaired) electrons. The van der Waals surface area contributed by atoms with E-state index in [2.05, 4.69) is 27.3 Å². The summed E-state index contributed by atoms with van der Waals surface area (Å²) < 4.78 is 6.71. The van der Waals surface area contributed by atoms with Crippen molar-refractivity contribution >= 4 is 21.8 Å². The first-order valence-corrected chi connectivity index (χ1v) is 8.32. The van der Waals surface area contributed by atoms with Gasteiger partial charge in [-0.15, -0.1) is 0 Å². The summed E-state index contributed by atoms with van der Waals surface area (Å²) in [4.78, 5) is 12.1. The largest absolute Gasteiger partial charge is 0.493 e. The maximum absolute atomic E-state index is 12.1. The van der Waals surface area contributed by atoms with Crippen LogP contribution in [-0.2, 0) is 17.8 Å². The van der Waals surface area contributed by atoms with Crippen molar-refractivity contribution in [2.45, 2.75) is 38.6 Å². The van der Waals surface area contributed by atoms with Crippen molar-refractivity contribution < 1.29 is 9.53 Å². The van der Waals surface area contributed by atoms with Gasteiger partial charge in [-0.2, -0.15) is 0 Å². The van der Waals surface area contributed by atoms with E-state index in [0.29, 0.717) is 19.5 Å². The fourth-order valence-electron chi connectivity index (χ4n) is 3.20. The van der Waals surface area contributed by atoms with Gasteiger partial charge < -0.3 is 15.8 Å². The monoisotopic (exact) mass is 352 g/mol. The Kier molecular flexibility index (Phi) is 4.22. The fraction of sp³-hybridized carbons (Fsp3) is 0.562. The SMILES string of the molecule is NCC1(CC(=O)NCc2cc(Br)cc3c2OCC3)CCC1. The summed E-state index contributed by atoms with van der Waals surface area (Å²) in [5, 5.41) is 3.02. The third-order valence-corrected chi connectivity index (χ3v) is 5.14. The molecule has 1 fully saturated rings. The summed E-state index contributed by atoms with van der Waals surface area (Å²) in [7, 11) is 0. The number of halogens is 1. The summed E-state index contributed by atoms with van der Waals surface area (Å²) in [5.41, 5.74) is 8.12. The highest BCUT2D eigenvalue weighted by Crippen LogP contribution is 2.42. The molecule has 0 spiro atoms. The molecule has 0 aromatic heterocycles. The van der Waals surface area contributed by atoms with Crippen LogP contribution in [-0.4, -0.2) is 19.1 Å². The topological polar surface area (TPSA) is 64.4 Å². The normalized spacial score (nSPS) is 18.6. The van der Waals surface area contributed by atoms with Crippen LogP contribution in [0.15, 0.2) is 16.6 Å². The Hall–Kier alpha value is -1.07. The summed E-state index contributed by atoms with van der Waals surface area (Å²) >= 11 is 3.52. The van der Waals surface area contributed by atoms with Crippen LogP contribution in [0, 0.1) is 5.41 Å². The van der Waals surface area contributed by atoms with Gasteiger partial charge in [0.15, 0.2) is 0 Å². The summed E-state index contributed by atoms with van der Waals surface area (Å²) in [5.74, 6) is 1.03. The van der Waals surface area contributed by atoms with E-state index in [0.717, 1.165) is 41.7 Å². The molecule has 3 rings (SSSR count). The third kappa shape index (κ3) is 3.09. The van der Waals surface area contributed by atoms with Gasteiger partial charge >= 0.3 is 0 Å². The van der Waals surface area contributed by atoms with Gasteiger partial charge in [-0.05, 0) is 42.5 Å². The van der Waals surface area contributed by atoms with Crippen molar-refractivity contribution in [1.29, 1.82) is 0 Å². The zero-order chi connectivity index (χ0) is 14.9. The van der Waals surface area contributed by atoms with Crippen LogP contribution in [0.3, 0.4) is 0 Å². The zero-order valence-electron chi connectivity index (χ0n) is 12.1. The lowest BCUT2D eigenvalue weighted by atomic mass is 9.66. The number of rotatable bonds is 5. The highest BCUT2D eigenvalue weighted by atomic mass is 79.9. The Bertz CT molecular complexity index is 550. The second-order valence-electron chi connectivity index (χ2n) is 6.16. The van der Waals surface area contributed by atoms with E-state index >= 15 is 0 Å². The number of amides is 1. The van der Waals surface area contributed by atoms with Crippen molar-refractivity contribution in [3.05, 3.63) is 27.7 Å². The van der Waals surface area contributed by atoms with Crippen LogP contribution in [0.2, 0.25) is 0 Å². The average molecular weight is 353 g/mol. The minimum absolute atomic E-state index is 0.0554. The third-order valence-electron chi connectivity index (χ3n) is 4.68. The molecule has 21 heavy (non-hydrogen) atoms. The van der Waals surface area contributed by atoms with Gasteiger partial charge in [0, 0.05) is 29.4 Å². The van der Waals surface area contributed by atoms with E-state index in [9.17, 15) is 4.79 Å². The number of nitrogens with two attached hydrogens (primary N) is 1. The molecule has 1 amide bonds. The van der Waals surface area contributed by atoms with E-state index in [4.69, 9.17) is 10.5 Å². The van der Waals surface area contributed by atoms with E-state index in [1.54, 1.807) is 0 Å². The number of carbonyl (C=O) groups is 1. The summed E-state index contributed by atoms with van der Waals surface area (Å²) in [6, 6.07) is 4.11. The molecular weight excluding hydrogens is 332 g/mol. The lowest BCUT2D eigenvalue weighted by Gasteiger charge is -2.40. The molecule has 1 aromatic rings.